The molecule has 1 aromatic rings. The molecule has 0 aromatic heterocycles. The maximum Gasteiger partial charge on any atom is 0.407 e. The third-order valence-corrected chi connectivity index (χ3v) is 8.15. The summed E-state index contributed by atoms with van der Waals surface area (Å²) in [5.41, 5.74) is -0.727. The maximum atomic E-state index is 14.4. The molecule has 1 amide bonds. The van der Waals surface area contributed by atoms with E-state index in [0.29, 0.717) is 25.7 Å². The molecule has 10 heteroatoms. The Bertz CT molecular complexity index is 1060. The number of amides is 1. The number of ether oxygens (including phenoxy) is 4. The van der Waals surface area contributed by atoms with Crippen LogP contribution in [0.4, 0.5) is 9.18 Å². The SMILES string of the molecule is CCC[C@H](C[C@@H]1CC[C@H]([C@@H](C)[C@@H](C[C@@H]2CC[C@H]([C@@H](C)C(=O)O)O2)OC(=O)c2ccccc2F)O1)NC(=O)OC(C)(C)C. The molecule has 2 saturated heterocycles. The highest BCUT2D eigenvalue weighted by Crippen LogP contribution is 2.35. The molecule has 0 spiro atoms. The van der Waals surface area contributed by atoms with Gasteiger partial charge in [-0.25, -0.2) is 14.0 Å². The Labute approximate surface area is 248 Å². The second-order valence-corrected chi connectivity index (χ2v) is 12.8. The first kappa shape index (κ1) is 33.8. The van der Waals surface area contributed by atoms with Crippen LogP contribution in [0.2, 0.25) is 0 Å². The number of aliphatic carboxylic acids is 1. The summed E-state index contributed by atoms with van der Waals surface area (Å²) in [6.07, 6.45) is 3.37. The molecule has 0 unspecified atom stereocenters. The van der Waals surface area contributed by atoms with Gasteiger partial charge in [-0.15, -0.1) is 0 Å². The van der Waals surface area contributed by atoms with Gasteiger partial charge in [0.15, 0.2) is 0 Å². The van der Waals surface area contributed by atoms with Crippen molar-refractivity contribution in [1.29, 1.82) is 0 Å². The van der Waals surface area contributed by atoms with Crippen LogP contribution in [-0.2, 0) is 23.7 Å². The number of hydrogen-bond acceptors (Lipinski definition) is 7. The average Bonchev–Trinajstić information content (AvgIpc) is 3.56. The number of carbonyl (C=O) groups excluding carboxylic acids is 2. The normalized spacial score (nSPS) is 25.3. The van der Waals surface area contributed by atoms with Gasteiger partial charge in [-0.3, -0.25) is 4.79 Å². The molecule has 2 N–H and O–H groups in total. The summed E-state index contributed by atoms with van der Waals surface area (Å²) in [5.74, 6) is -3.19. The minimum atomic E-state index is -0.913. The standard InChI is InChI=1S/C32H48FNO8/c1-7-10-21(34-31(38)42-32(4,5)6)17-22-13-15-26(39-22)19(2)28(41-30(37)24-11-8-9-12-25(24)33)18-23-14-16-27(40-23)20(3)29(35)36/h8-9,11-12,19-23,26-28H,7,10,13-18H2,1-6H3,(H,34,38)(H,35,36)/t19-,20-,21-,22+,23+,26-,27-,28-/m1/s1. The van der Waals surface area contributed by atoms with E-state index >= 15 is 0 Å². The van der Waals surface area contributed by atoms with Gasteiger partial charge in [-0.2, -0.15) is 0 Å². The fourth-order valence-corrected chi connectivity index (χ4v) is 5.81. The van der Waals surface area contributed by atoms with E-state index in [1.54, 1.807) is 13.0 Å². The molecule has 42 heavy (non-hydrogen) atoms. The van der Waals surface area contributed by atoms with Crippen LogP contribution in [0.25, 0.3) is 0 Å². The smallest absolute Gasteiger partial charge is 0.407 e. The van der Waals surface area contributed by atoms with Gasteiger partial charge in [0.2, 0.25) is 0 Å². The molecule has 2 fully saturated rings. The summed E-state index contributed by atoms with van der Waals surface area (Å²) in [7, 11) is 0. The summed E-state index contributed by atoms with van der Waals surface area (Å²) in [5, 5.41) is 12.4. The lowest BCUT2D eigenvalue weighted by Gasteiger charge is -2.31. The highest BCUT2D eigenvalue weighted by Gasteiger charge is 2.40. The van der Waals surface area contributed by atoms with E-state index < -0.39 is 47.6 Å². The van der Waals surface area contributed by atoms with Crippen molar-refractivity contribution in [2.45, 2.75) is 135 Å². The number of carbonyl (C=O) groups is 3. The molecule has 2 heterocycles. The largest absolute Gasteiger partial charge is 0.481 e. The average molecular weight is 594 g/mol. The lowest BCUT2D eigenvalue weighted by molar-refractivity contribution is -0.146. The van der Waals surface area contributed by atoms with Crippen molar-refractivity contribution >= 4 is 18.0 Å². The number of nitrogens with one attached hydrogen (secondary N) is 1. The second kappa shape index (κ2) is 15.1. The van der Waals surface area contributed by atoms with Crippen molar-refractivity contribution in [2.75, 3.05) is 0 Å². The number of benzene rings is 1. The highest BCUT2D eigenvalue weighted by molar-refractivity contribution is 5.89. The molecular formula is C32H48FNO8. The Morgan fingerprint density at radius 1 is 1.02 bits per heavy atom. The topological polar surface area (TPSA) is 120 Å². The first-order valence-corrected chi connectivity index (χ1v) is 15.3. The fourth-order valence-electron chi connectivity index (χ4n) is 5.81. The van der Waals surface area contributed by atoms with Gasteiger partial charge in [0.05, 0.1) is 35.9 Å². The molecule has 0 bridgehead atoms. The number of carboxylic acids is 1. The van der Waals surface area contributed by atoms with Crippen LogP contribution in [-0.4, -0.2) is 65.3 Å². The van der Waals surface area contributed by atoms with E-state index in [1.165, 1.54) is 18.2 Å². The minimum absolute atomic E-state index is 0.0876. The maximum absolute atomic E-state index is 14.4. The van der Waals surface area contributed by atoms with Gasteiger partial charge in [0.25, 0.3) is 0 Å². The lowest BCUT2D eigenvalue weighted by atomic mass is 9.91. The predicted octanol–water partition coefficient (Wildman–Crippen LogP) is 6.28. The van der Waals surface area contributed by atoms with Crippen molar-refractivity contribution in [3.8, 4) is 0 Å². The quantitative estimate of drug-likeness (QED) is 0.257. The zero-order valence-electron chi connectivity index (χ0n) is 25.8. The Kier molecular flexibility index (Phi) is 12.2. The third kappa shape index (κ3) is 9.93. The Morgan fingerprint density at radius 3 is 2.26 bits per heavy atom. The number of halogens is 1. The molecule has 3 rings (SSSR count). The van der Waals surface area contributed by atoms with Crippen molar-refractivity contribution in [1.82, 2.24) is 5.32 Å². The van der Waals surface area contributed by atoms with Crippen LogP contribution in [0.3, 0.4) is 0 Å². The first-order chi connectivity index (χ1) is 19.8. The van der Waals surface area contributed by atoms with Gasteiger partial charge in [0.1, 0.15) is 17.5 Å². The Morgan fingerprint density at radius 2 is 1.64 bits per heavy atom. The van der Waals surface area contributed by atoms with Gasteiger partial charge >= 0.3 is 18.0 Å². The predicted molar refractivity (Wildman–Crippen MR) is 155 cm³/mol. The summed E-state index contributed by atoms with van der Waals surface area (Å²) in [6, 6.07) is 5.61. The van der Waals surface area contributed by atoms with Crippen molar-refractivity contribution in [3.63, 3.8) is 0 Å². The number of esters is 1. The molecule has 9 nitrogen and oxygen atoms in total. The van der Waals surface area contributed by atoms with Crippen LogP contribution in [0.5, 0.6) is 0 Å². The molecule has 0 saturated carbocycles. The summed E-state index contributed by atoms with van der Waals surface area (Å²) in [6.45, 7) is 11.1. The van der Waals surface area contributed by atoms with Gasteiger partial charge in [-0.1, -0.05) is 32.4 Å². The summed E-state index contributed by atoms with van der Waals surface area (Å²) in [4.78, 5) is 36.9. The lowest BCUT2D eigenvalue weighted by Crippen LogP contribution is -2.41. The van der Waals surface area contributed by atoms with E-state index in [0.717, 1.165) is 25.7 Å². The van der Waals surface area contributed by atoms with Crippen molar-refractivity contribution in [3.05, 3.63) is 35.6 Å². The minimum Gasteiger partial charge on any atom is -0.481 e. The zero-order chi connectivity index (χ0) is 31.0. The Hall–Kier alpha value is -2.72. The van der Waals surface area contributed by atoms with Gasteiger partial charge in [-0.05, 0) is 78.4 Å². The van der Waals surface area contributed by atoms with Crippen LogP contribution in [0, 0.1) is 17.7 Å². The van der Waals surface area contributed by atoms with Crippen molar-refractivity contribution in [2.24, 2.45) is 11.8 Å². The number of rotatable bonds is 13. The number of carboxylic acid groups (broad SMARTS) is 1. The van der Waals surface area contributed by atoms with Crippen LogP contribution in [0.15, 0.2) is 24.3 Å². The van der Waals surface area contributed by atoms with E-state index in [2.05, 4.69) is 12.2 Å². The van der Waals surface area contributed by atoms with Gasteiger partial charge in [0, 0.05) is 18.4 Å². The molecule has 0 aliphatic carbocycles. The molecule has 236 valence electrons. The highest BCUT2D eigenvalue weighted by atomic mass is 19.1. The second-order valence-electron chi connectivity index (χ2n) is 12.8. The van der Waals surface area contributed by atoms with Crippen molar-refractivity contribution < 1.29 is 42.8 Å². The fraction of sp³-hybridized carbons (Fsp3) is 0.719. The molecule has 2 aliphatic rings. The molecular weight excluding hydrogens is 545 g/mol. The monoisotopic (exact) mass is 593 g/mol. The first-order valence-electron chi connectivity index (χ1n) is 15.3. The summed E-state index contributed by atoms with van der Waals surface area (Å²) >= 11 is 0. The number of hydrogen-bond donors (Lipinski definition) is 2. The van der Waals surface area contributed by atoms with Crippen LogP contribution in [0.1, 0.15) is 103 Å². The molecule has 0 radical (unpaired) electrons. The van der Waals surface area contributed by atoms with Crippen LogP contribution >= 0.6 is 0 Å². The van der Waals surface area contributed by atoms with Gasteiger partial charge < -0.3 is 29.4 Å². The molecule has 1 aromatic carbocycles. The molecule has 2 aliphatic heterocycles. The summed E-state index contributed by atoms with van der Waals surface area (Å²) < 4.78 is 38.3. The number of alkyl carbamates (subject to hydrolysis) is 1. The van der Waals surface area contributed by atoms with E-state index in [1.807, 2.05) is 27.7 Å². The van der Waals surface area contributed by atoms with E-state index in [-0.39, 0.29) is 35.8 Å². The van der Waals surface area contributed by atoms with E-state index in [9.17, 15) is 23.9 Å². The zero-order valence-corrected chi connectivity index (χ0v) is 25.8. The third-order valence-electron chi connectivity index (χ3n) is 8.15. The van der Waals surface area contributed by atoms with E-state index in [4.69, 9.17) is 18.9 Å². The molecule has 8 atom stereocenters. The Balaban J connectivity index is 1.67. The van der Waals surface area contributed by atoms with Crippen LogP contribution < -0.4 is 5.32 Å².